The first-order valence-electron chi connectivity index (χ1n) is 11.5. The van der Waals surface area contributed by atoms with Gasteiger partial charge in [-0.05, 0) is 112 Å². The zero-order chi connectivity index (χ0) is 21.0. The smallest absolute Gasteiger partial charge is 0.324 e. The molecule has 162 valence electrons. The molecule has 3 saturated carbocycles. The van der Waals surface area contributed by atoms with E-state index < -0.39 is 6.04 Å². The summed E-state index contributed by atoms with van der Waals surface area (Å²) >= 11 is 5.57. The van der Waals surface area contributed by atoms with Gasteiger partial charge in [0, 0.05) is 5.92 Å². The van der Waals surface area contributed by atoms with E-state index in [9.17, 15) is 9.59 Å². The number of ketones is 1. The molecular formula is C24H36ClNO3. The zero-order valence-electron chi connectivity index (χ0n) is 18.3. The zero-order valence-corrected chi connectivity index (χ0v) is 19.1. The second-order valence-corrected chi connectivity index (χ2v) is 10.9. The first-order chi connectivity index (χ1) is 13.7. The fourth-order valence-corrected chi connectivity index (χ4v) is 7.84. The Morgan fingerprint density at radius 2 is 1.90 bits per heavy atom. The predicted octanol–water partition coefficient (Wildman–Crippen LogP) is 5.20. The van der Waals surface area contributed by atoms with Crippen molar-refractivity contribution in [2.45, 2.75) is 91.2 Å². The molecule has 0 aliphatic heterocycles. The van der Waals surface area contributed by atoms with Crippen molar-refractivity contribution in [1.29, 1.82) is 0 Å². The van der Waals surface area contributed by atoms with Crippen molar-refractivity contribution < 1.29 is 14.3 Å². The van der Waals surface area contributed by atoms with Gasteiger partial charge < -0.3 is 4.74 Å². The van der Waals surface area contributed by atoms with Crippen LogP contribution in [0.3, 0.4) is 0 Å². The summed E-state index contributed by atoms with van der Waals surface area (Å²) in [6.45, 7) is 8.38. The minimum absolute atomic E-state index is 0.128. The van der Waals surface area contributed by atoms with Gasteiger partial charge in [-0.2, -0.15) is 0 Å². The summed E-state index contributed by atoms with van der Waals surface area (Å²) in [6, 6.07) is -0.494. The number of nitrogens with one attached hydrogen (secondary N) is 1. The van der Waals surface area contributed by atoms with Gasteiger partial charge in [0.2, 0.25) is 0 Å². The highest BCUT2D eigenvalue weighted by Gasteiger charge is 2.59. The van der Waals surface area contributed by atoms with Gasteiger partial charge in [0.25, 0.3) is 0 Å². The van der Waals surface area contributed by atoms with Crippen molar-refractivity contribution in [2.24, 2.45) is 34.5 Å². The lowest BCUT2D eigenvalue weighted by Gasteiger charge is -2.58. The van der Waals surface area contributed by atoms with E-state index in [0.29, 0.717) is 17.6 Å². The number of halogens is 1. The number of carbonyl (C=O) groups is 2. The molecule has 0 spiro atoms. The number of esters is 1. The van der Waals surface area contributed by atoms with Crippen LogP contribution in [0, 0.1) is 34.5 Å². The van der Waals surface area contributed by atoms with Gasteiger partial charge in [0.15, 0.2) is 0 Å². The van der Waals surface area contributed by atoms with E-state index in [-0.39, 0.29) is 28.8 Å². The van der Waals surface area contributed by atoms with Crippen molar-refractivity contribution >= 4 is 23.5 Å². The molecule has 4 rings (SSSR count). The van der Waals surface area contributed by atoms with Crippen LogP contribution in [-0.4, -0.2) is 23.9 Å². The van der Waals surface area contributed by atoms with E-state index in [1.807, 2.05) is 0 Å². The first-order valence-corrected chi connectivity index (χ1v) is 11.9. The molecular weight excluding hydrogens is 386 g/mol. The highest BCUT2D eigenvalue weighted by molar-refractivity contribution is 6.14. The Morgan fingerprint density at radius 3 is 2.59 bits per heavy atom. The van der Waals surface area contributed by atoms with E-state index in [0.717, 1.165) is 31.6 Å². The molecule has 5 heteroatoms. The number of rotatable bonds is 4. The number of fused-ring (bicyclic) bond motifs is 5. The van der Waals surface area contributed by atoms with Crippen molar-refractivity contribution in [3.05, 3.63) is 11.6 Å². The molecule has 0 bridgehead atoms. The monoisotopic (exact) mass is 421 g/mol. The Balaban J connectivity index is 1.52. The second-order valence-electron chi connectivity index (χ2n) is 10.7. The average molecular weight is 422 g/mol. The number of ether oxygens (including phenoxy) is 1. The second kappa shape index (κ2) is 7.67. The summed E-state index contributed by atoms with van der Waals surface area (Å²) in [5.41, 5.74) is 1.93. The molecule has 1 N–H and O–H groups in total. The molecule has 0 saturated heterocycles. The third-order valence-electron chi connectivity index (χ3n) is 9.35. The third-order valence-corrected chi connectivity index (χ3v) is 9.67. The van der Waals surface area contributed by atoms with Crippen molar-refractivity contribution in [2.75, 3.05) is 0 Å². The SMILES string of the molecule is CC(=O)[C@H]1CCC2C3CCC4=C[C@@H](OC(=O)C(C)NCl)CC[C@]4(C)C3CC[C@@]21C. The molecule has 8 atom stereocenters. The molecule has 0 aromatic rings. The maximum Gasteiger partial charge on any atom is 0.324 e. The van der Waals surface area contributed by atoms with E-state index in [1.54, 1.807) is 13.8 Å². The molecule has 0 radical (unpaired) electrons. The van der Waals surface area contributed by atoms with Gasteiger partial charge in [-0.1, -0.05) is 19.4 Å². The lowest BCUT2D eigenvalue weighted by molar-refractivity contribution is -0.150. The number of Topliss-reactive ketones (excluding diaryl/α,β-unsaturated/α-hetero) is 1. The molecule has 0 aromatic carbocycles. The summed E-state index contributed by atoms with van der Waals surface area (Å²) in [5.74, 6) is 2.52. The fraction of sp³-hybridized carbons (Fsp3) is 0.833. The van der Waals surface area contributed by atoms with Crippen molar-refractivity contribution in [3.8, 4) is 0 Å². The van der Waals surface area contributed by atoms with Crippen molar-refractivity contribution in [1.82, 2.24) is 4.84 Å². The van der Waals surface area contributed by atoms with Crippen molar-refractivity contribution in [3.63, 3.8) is 0 Å². The minimum atomic E-state index is -0.494. The molecule has 0 amide bonds. The maximum absolute atomic E-state index is 12.3. The molecule has 0 heterocycles. The Kier molecular flexibility index (Phi) is 5.65. The quantitative estimate of drug-likeness (QED) is 0.385. The number of hydrogen-bond acceptors (Lipinski definition) is 4. The molecule has 4 unspecified atom stereocenters. The summed E-state index contributed by atoms with van der Waals surface area (Å²) in [6.07, 6.45) is 11.1. The Hall–Kier alpha value is -0.870. The van der Waals surface area contributed by atoms with E-state index >= 15 is 0 Å². The van der Waals surface area contributed by atoms with Gasteiger partial charge in [0.05, 0.1) is 0 Å². The first kappa shape index (κ1) is 21.4. The van der Waals surface area contributed by atoms with E-state index in [4.69, 9.17) is 16.5 Å². The average Bonchev–Trinajstić information content (AvgIpc) is 3.05. The largest absolute Gasteiger partial charge is 0.457 e. The van der Waals surface area contributed by atoms with Crippen LogP contribution in [0.25, 0.3) is 0 Å². The minimum Gasteiger partial charge on any atom is -0.457 e. The van der Waals surface area contributed by atoms with E-state index in [1.165, 1.54) is 31.3 Å². The third kappa shape index (κ3) is 3.39. The normalized spacial score (nSPS) is 44.7. The van der Waals surface area contributed by atoms with Crippen LogP contribution in [0.4, 0.5) is 0 Å². The number of hydrogen-bond donors (Lipinski definition) is 1. The Bertz CT molecular complexity index is 721. The summed E-state index contributed by atoms with van der Waals surface area (Å²) in [5, 5.41) is 0. The topological polar surface area (TPSA) is 55.4 Å². The molecule has 3 fully saturated rings. The van der Waals surface area contributed by atoms with Crippen LogP contribution in [0.1, 0.15) is 79.1 Å². The van der Waals surface area contributed by atoms with Gasteiger partial charge in [0.1, 0.15) is 17.9 Å². The van der Waals surface area contributed by atoms with Gasteiger partial charge in [-0.25, -0.2) is 4.84 Å². The van der Waals surface area contributed by atoms with Gasteiger partial charge in [-0.15, -0.1) is 0 Å². The van der Waals surface area contributed by atoms with Crippen LogP contribution in [0.5, 0.6) is 0 Å². The number of carbonyl (C=O) groups excluding carboxylic acids is 2. The summed E-state index contributed by atoms with van der Waals surface area (Å²) < 4.78 is 5.70. The van der Waals surface area contributed by atoms with Crippen LogP contribution in [-0.2, 0) is 14.3 Å². The molecule has 4 nitrogen and oxygen atoms in total. The van der Waals surface area contributed by atoms with Crippen LogP contribution >= 0.6 is 11.8 Å². The van der Waals surface area contributed by atoms with Crippen LogP contribution in [0.15, 0.2) is 11.6 Å². The highest BCUT2D eigenvalue weighted by Crippen LogP contribution is 2.66. The molecule has 4 aliphatic rings. The van der Waals surface area contributed by atoms with Crippen LogP contribution in [0.2, 0.25) is 0 Å². The van der Waals surface area contributed by atoms with Gasteiger partial charge >= 0.3 is 5.97 Å². The molecule has 4 aliphatic carbocycles. The number of allylic oxidation sites excluding steroid dienone is 1. The summed E-state index contributed by atoms with van der Waals surface area (Å²) in [4.78, 5) is 26.9. The fourth-order valence-electron chi connectivity index (χ4n) is 7.75. The summed E-state index contributed by atoms with van der Waals surface area (Å²) in [7, 11) is 0. The lowest BCUT2D eigenvalue weighted by Crippen LogP contribution is -2.51. The standard InChI is InChI=1S/C24H36ClNO3/c1-14(26-25)22(28)29-17-9-11-23(3)16(13-17)5-6-18-20-8-7-19(15(2)27)24(20,4)12-10-21(18)23/h13-14,17-21,26H,5-12H2,1-4H3/t14?,17-,18?,19+,20?,21?,23-,24+/m0/s1. The highest BCUT2D eigenvalue weighted by atomic mass is 35.5. The lowest BCUT2D eigenvalue weighted by atomic mass is 9.46. The Morgan fingerprint density at radius 1 is 1.14 bits per heavy atom. The van der Waals surface area contributed by atoms with Gasteiger partial charge in [-0.3, -0.25) is 9.59 Å². The molecule has 0 aromatic heterocycles. The molecule has 29 heavy (non-hydrogen) atoms. The van der Waals surface area contributed by atoms with Crippen LogP contribution < -0.4 is 4.84 Å². The Labute approximate surface area is 180 Å². The van der Waals surface area contributed by atoms with E-state index in [2.05, 4.69) is 24.8 Å². The maximum atomic E-state index is 12.3. The predicted molar refractivity (Wildman–Crippen MR) is 114 cm³/mol.